The van der Waals surface area contributed by atoms with Crippen molar-refractivity contribution in [1.82, 2.24) is 10.2 Å². The van der Waals surface area contributed by atoms with Crippen LogP contribution in [0.1, 0.15) is 41.4 Å². The maximum atomic E-state index is 12.6. The van der Waals surface area contributed by atoms with Gasteiger partial charge in [0.05, 0.1) is 4.88 Å². The minimum absolute atomic E-state index is 0. The van der Waals surface area contributed by atoms with Crippen LogP contribution in [-0.4, -0.2) is 36.5 Å². The molecule has 0 aromatic carbocycles. The van der Waals surface area contributed by atoms with Gasteiger partial charge in [-0.05, 0) is 56.3 Å². The Bertz CT molecular complexity index is 402. The van der Waals surface area contributed by atoms with E-state index in [4.69, 9.17) is 0 Å². The van der Waals surface area contributed by atoms with Crippen molar-refractivity contribution in [2.45, 2.75) is 39.2 Å². The molecule has 3 nitrogen and oxygen atoms in total. The van der Waals surface area contributed by atoms with E-state index >= 15 is 0 Å². The molecule has 108 valence electrons. The summed E-state index contributed by atoms with van der Waals surface area (Å²) in [5, 5.41) is 5.37. The van der Waals surface area contributed by atoms with Crippen LogP contribution < -0.4 is 5.32 Å². The highest BCUT2D eigenvalue weighted by Gasteiger charge is 2.26. The molecule has 5 heteroatoms. The lowest BCUT2D eigenvalue weighted by Crippen LogP contribution is -2.46. The summed E-state index contributed by atoms with van der Waals surface area (Å²) in [6.45, 7) is 7.10. The van der Waals surface area contributed by atoms with Gasteiger partial charge in [0.15, 0.2) is 0 Å². The van der Waals surface area contributed by atoms with Gasteiger partial charge in [-0.25, -0.2) is 0 Å². The molecule has 1 amide bonds. The molecule has 0 aliphatic carbocycles. The Morgan fingerprint density at radius 2 is 2.16 bits per heavy atom. The van der Waals surface area contributed by atoms with Gasteiger partial charge in [0.2, 0.25) is 0 Å². The van der Waals surface area contributed by atoms with E-state index < -0.39 is 0 Å². The summed E-state index contributed by atoms with van der Waals surface area (Å²) < 4.78 is 0. The van der Waals surface area contributed by atoms with Crippen LogP contribution in [-0.2, 0) is 0 Å². The monoisotopic (exact) mass is 302 g/mol. The number of carbonyl (C=O) groups is 1. The van der Waals surface area contributed by atoms with Gasteiger partial charge < -0.3 is 10.2 Å². The van der Waals surface area contributed by atoms with E-state index in [-0.39, 0.29) is 18.3 Å². The average molecular weight is 303 g/mol. The summed E-state index contributed by atoms with van der Waals surface area (Å²) in [6.07, 6.45) is 3.19. The molecular weight excluding hydrogens is 280 g/mol. The van der Waals surface area contributed by atoms with Crippen LogP contribution in [0.3, 0.4) is 0 Å². The quantitative estimate of drug-likeness (QED) is 0.927. The van der Waals surface area contributed by atoms with Gasteiger partial charge in [0.1, 0.15) is 0 Å². The van der Waals surface area contributed by atoms with Crippen LogP contribution >= 0.6 is 23.7 Å². The highest BCUT2D eigenvalue weighted by molar-refractivity contribution is 7.12. The van der Waals surface area contributed by atoms with E-state index in [0.29, 0.717) is 6.04 Å². The number of halogens is 1. The van der Waals surface area contributed by atoms with Gasteiger partial charge in [0, 0.05) is 12.6 Å². The van der Waals surface area contributed by atoms with E-state index in [1.165, 1.54) is 0 Å². The van der Waals surface area contributed by atoms with Gasteiger partial charge in [-0.3, -0.25) is 4.79 Å². The topological polar surface area (TPSA) is 32.3 Å². The lowest BCUT2D eigenvalue weighted by molar-refractivity contribution is 0.0647. The van der Waals surface area contributed by atoms with Gasteiger partial charge in [-0.1, -0.05) is 6.92 Å². The average Bonchev–Trinajstić information content (AvgIpc) is 2.82. The summed E-state index contributed by atoms with van der Waals surface area (Å²) in [5.74, 6) is 0.233. The number of amides is 1. The molecule has 1 aromatic heterocycles. The molecule has 1 N–H and O–H groups in total. The maximum absolute atomic E-state index is 12.6. The zero-order valence-corrected chi connectivity index (χ0v) is 13.3. The molecule has 0 radical (unpaired) electrons. The number of hydrogen-bond donors (Lipinski definition) is 1. The second-order valence-electron chi connectivity index (χ2n) is 4.91. The molecule has 1 aliphatic heterocycles. The molecule has 1 saturated heterocycles. The maximum Gasteiger partial charge on any atom is 0.264 e. The third-order valence-electron chi connectivity index (χ3n) is 3.53. The summed E-state index contributed by atoms with van der Waals surface area (Å²) >= 11 is 1.57. The lowest BCUT2D eigenvalue weighted by Gasteiger charge is -2.34. The van der Waals surface area contributed by atoms with Crippen LogP contribution in [0.2, 0.25) is 0 Å². The first-order valence-corrected chi connectivity index (χ1v) is 7.67. The molecule has 1 aromatic rings. The number of nitrogens with zero attached hydrogens (tertiary/aromatic N) is 1. The van der Waals surface area contributed by atoms with Crippen LogP contribution in [0.15, 0.2) is 11.4 Å². The first-order valence-electron chi connectivity index (χ1n) is 6.79. The first kappa shape index (κ1) is 16.5. The number of hydrogen-bond acceptors (Lipinski definition) is 3. The van der Waals surface area contributed by atoms with Crippen molar-refractivity contribution < 1.29 is 4.79 Å². The van der Waals surface area contributed by atoms with E-state index in [1.54, 1.807) is 11.3 Å². The van der Waals surface area contributed by atoms with E-state index in [9.17, 15) is 4.79 Å². The zero-order valence-electron chi connectivity index (χ0n) is 11.6. The van der Waals surface area contributed by atoms with Crippen LogP contribution in [0.5, 0.6) is 0 Å². The Kier molecular flexibility index (Phi) is 6.83. The molecule has 0 bridgehead atoms. The van der Waals surface area contributed by atoms with Gasteiger partial charge >= 0.3 is 0 Å². The molecule has 0 unspecified atom stereocenters. The third kappa shape index (κ3) is 3.94. The van der Waals surface area contributed by atoms with Crippen LogP contribution in [0.4, 0.5) is 0 Å². The Labute approximate surface area is 125 Å². The van der Waals surface area contributed by atoms with E-state index in [0.717, 1.165) is 49.3 Å². The standard InChI is InChI=1S/C14H22N2OS.ClH/c1-3-9-16(12-4-7-15-8-5-12)14(17)13-11(2)6-10-18-13;/h6,10,12,15H,3-5,7-9H2,1-2H3;1H. The SMILES string of the molecule is CCCN(C(=O)c1sccc1C)C1CCNCC1.Cl. The molecule has 0 atom stereocenters. The van der Waals surface area contributed by atoms with Crippen molar-refractivity contribution in [3.63, 3.8) is 0 Å². The normalized spacial score (nSPS) is 15.9. The zero-order chi connectivity index (χ0) is 13.0. The number of aryl methyl sites for hydroxylation is 1. The summed E-state index contributed by atoms with van der Waals surface area (Å²) in [6, 6.07) is 2.45. The van der Waals surface area contributed by atoms with Crippen molar-refractivity contribution in [3.8, 4) is 0 Å². The molecule has 0 spiro atoms. The van der Waals surface area contributed by atoms with Gasteiger partial charge in [0.25, 0.3) is 5.91 Å². The predicted octanol–water partition coefficient (Wildman–Crippen LogP) is 3.08. The fourth-order valence-corrected chi connectivity index (χ4v) is 3.41. The number of carbonyl (C=O) groups excluding carboxylic acids is 1. The van der Waals surface area contributed by atoms with Crippen LogP contribution in [0, 0.1) is 6.92 Å². The summed E-state index contributed by atoms with van der Waals surface area (Å²) in [5.41, 5.74) is 1.11. The van der Waals surface area contributed by atoms with Gasteiger partial charge in [-0.2, -0.15) is 0 Å². The smallest absolute Gasteiger partial charge is 0.264 e. The Morgan fingerprint density at radius 1 is 1.47 bits per heavy atom. The highest BCUT2D eigenvalue weighted by atomic mass is 35.5. The van der Waals surface area contributed by atoms with Crippen LogP contribution in [0.25, 0.3) is 0 Å². The minimum atomic E-state index is 0. The Morgan fingerprint density at radius 3 is 2.68 bits per heavy atom. The van der Waals surface area contributed by atoms with Crippen molar-refractivity contribution in [1.29, 1.82) is 0 Å². The van der Waals surface area contributed by atoms with Crippen molar-refractivity contribution in [2.75, 3.05) is 19.6 Å². The Hall–Kier alpha value is -0.580. The number of nitrogens with one attached hydrogen (secondary N) is 1. The van der Waals surface area contributed by atoms with Crippen molar-refractivity contribution >= 4 is 29.7 Å². The van der Waals surface area contributed by atoms with Crippen molar-refractivity contribution in [2.24, 2.45) is 0 Å². The minimum Gasteiger partial charge on any atom is -0.335 e. The number of rotatable bonds is 4. The fourth-order valence-electron chi connectivity index (χ4n) is 2.53. The number of thiophene rings is 1. The largest absolute Gasteiger partial charge is 0.335 e. The number of piperidine rings is 1. The fraction of sp³-hybridized carbons (Fsp3) is 0.643. The molecule has 1 aliphatic rings. The lowest BCUT2D eigenvalue weighted by atomic mass is 10.0. The van der Waals surface area contributed by atoms with E-state index in [1.807, 2.05) is 18.4 Å². The molecule has 2 rings (SSSR count). The molecule has 2 heterocycles. The molecular formula is C14H23ClN2OS. The highest BCUT2D eigenvalue weighted by Crippen LogP contribution is 2.22. The first-order chi connectivity index (χ1) is 8.74. The second-order valence-corrected chi connectivity index (χ2v) is 5.83. The van der Waals surface area contributed by atoms with Gasteiger partial charge in [-0.15, -0.1) is 23.7 Å². The summed E-state index contributed by atoms with van der Waals surface area (Å²) in [4.78, 5) is 15.6. The second kappa shape index (κ2) is 7.88. The third-order valence-corrected chi connectivity index (χ3v) is 4.54. The van der Waals surface area contributed by atoms with E-state index in [2.05, 4.69) is 17.1 Å². The molecule has 0 saturated carbocycles. The predicted molar refractivity (Wildman–Crippen MR) is 83.5 cm³/mol. The molecule has 19 heavy (non-hydrogen) atoms. The van der Waals surface area contributed by atoms with Crippen molar-refractivity contribution in [3.05, 3.63) is 21.9 Å². The Balaban J connectivity index is 0.00000180. The summed E-state index contributed by atoms with van der Waals surface area (Å²) in [7, 11) is 0. The molecule has 1 fully saturated rings.